The number of nitrogens with one attached hydrogen (secondary N) is 1. The van der Waals surface area contributed by atoms with Crippen LogP contribution >= 0.6 is 0 Å². The molecule has 18 heavy (non-hydrogen) atoms. The van der Waals surface area contributed by atoms with Crippen molar-refractivity contribution >= 4 is 11.9 Å². The lowest BCUT2D eigenvalue weighted by Gasteiger charge is -2.18. The highest BCUT2D eigenvalue weighted by Gasteiger charge is 2.23. The highest BCUT2D eigenvalue weighted by molar-refractivity contribution is 5.88. The Kier molecular flexibility index (Phi) is 5.32. The zero-order valence-electron chi connectivity index (χ0n) is 10.6. The molecule has 0 bridgehead atoms. The van der Waals surface area contributed by atoms with E-state index in [1.807, 2.05) is 6.07 Å². The van der Waals surface area contributed by atoms with Gasteiger partial charge in [0.15, 0.2) is 0 Å². The third kappa shape index (κ3) is 3.56. The molecule has 5 heteroatoms. The number of hydrogen-bond donors (Lipinski definition) is 2. The number of hydrogen-bond acceptors (Lipinski definition) is 4. The summed E-state index contributed by atoms with van der Waals surface area (Å²) < 4.78 is 4.60. The van der Waals surface area contributed by atoms with Crippen LogP contribution in [0.4, 0.5) is 0 Å². The molecule has 2 unspecified atom stereocenters. The maximum absolute atomic E-state index is 11.9. The van der Waals surface area contributed by atoms with E-state index in [0.717, 1.165) is 0 Å². The first kappa shape index (κ1) is 14.2. The van der Waals surface area contributed by atoms with Crippen molar-refractivity contribution < 1.29 is 14.3 Å². The van der Waals surface area contributed by atoms with Gasteiger partial charge in [-0.25, -0.2) is 4.79 Å². The van der Waals surface area contributed by atoms with E-state index in [1.54, 1.807) is 31.2 Å². The fraction of sp³-hybridized carbons (Fsp3) is 0.385. The van der Waals surface area contributed by atoms with Gasteiger partial charge in [-0.1, -0.05) is 37.3 Å². The lowest BCUT2D eigenvalue weighted by molar-refractivity contribution is -0.145. The Bertz CT molecular complexity index is 406. The van der Waals surface area contributed by atoms with E-state index in [-0.39, 0.29) is 0 Å². The fourth-order valence-electron chi connectivity index (χ4n) is 1.54. The molecule has 1 rings (SSSR count). The van der Waals surface area contributed by atoms with Gasteiger partial charge in [-0.05, 0) is 12.0 Å². The van der Waals surface area contributed by atoms with Gasteiger partial charge in [0.25, 0.3) is 0 Å². The minimum Gasteiger partial charge on any atom is -0.467 e. The normalized spacial score (nSPS) is 13.5. The molecule has 0 saturated heterocycles. The number of benzene rings is 1. The van der Waals surface area contributed by atoms with E-state index in [9.17, 15) is 9.59 Å². The molecule has 0 saturated carbocycles. The van der Waals surface area contributed by atoms with Crippen LogP contribution in [0, 0.1) is 0 Å². The van der Waals surface area contributed by atoms with Crippen LogP contribution in [-0.2, 0) is 14.3 Å². The van der Waals surface area contributed by atoms with E-state index in [4.69, 9.17) is 5.73 Å². The summed E-state index contributed by atoms with van der Waals surface area (Å²) in [6, 6.07) is 7.55. The molecule has 2 atom stereocenters. The molecule has 0 aliphatic rings. The smallest absolute Gasteiger partial charge is 0.328 e. The number of carbonyl (C=O) groups is 2. The van der Waals surface area contributed by atoms with E-state index in [1.165, 1.54) is 7.11 Å². The highest BCUT2D eigenvalue weighted by Crippen LogP contribution is 2.10. The molecule has 0 aromatic heterocycles. The van der Waals surface area contributed by atoms with Crippen LogP contribution in [-0.4, -0.2) is 25.0 Å². The Morgan fingerprint density at radius 2 is 1.94 bits per heavy atom. The zero-order valence-corrected chi connectivity index (χ0v) is 10.6. The van der Waals surface area contributed by atoms with Gasteiger partial charge in [0.05, 0.1) is 7.11 Å². The monoisotopic (exact) mass is 250 g/mol. The molecule has 0 spiro atoms. The van der Waals surface area contributed by atoms with Gasteiger partial charge < -0.3 is 15.8 Å². The van der Waals surface area contributed by atoms with Crippen molar-refractivity contribution in [2.24, 2.45) is 5.73 Å². The van der Waals surface area contributed by atoms with Crippen molar-refractivity contribution in [1.82, 2.24) is 5.32 Å². The van der Waals surface area contributed by atoms with E-state index in [2.05, 4.69) is 10.1 Å². The lowest BCUT2D eigenvalue weighted by Crippen LogP contribution is -2.45. The number of esters is 1. The molecule has 1 aromatic carbocycles. The summed E-state index contributed by atoms with van der Waals surface area (Å²) >= 11 is 0. The Morgan fingerprint density at radius 1 is 1.33 bits per heavy atom. The Labute approximate surface area is 106 Å². The second-order valence-electron chi connectivity index (χ2n) is 3.88. The number of nitrogens with two attached hydrogens (primary N) is 1. The molecule has 5 nitrogen and oxygen atoms in total. The number of methoxy groups -OCH3 is 1. The third-order valence-corrected chi connectivity index (χ3v) is 2.65. The van der Waals surface area contributed by atoms with Crippen LogP contribution in [0.25, 0.3) is 0 Å². The first-order chi connectivity index (χ1) is 8.60. The van der Waals surface area contributed by atoms with E-state index >= 15 is 0 Å². The number of ether oxygens (including phenoxy) is 1. The van der Waals surface area contributed by atoms with Crippen molar-refractivity contribution in [1.29, 1.82) is 0 Å². The van der Waals surface area contributed by atoms with Gasteiger partial charge >= 0.3 is 5.97 Å². The summed E-state index contributed by atoms with van der Waals surface area (Å²) in [6.07, 6.45) is 0.458. The maximum Gasteiger partial charge on any atom is 0.328 e. The van der Waals surface area contributed by atoms with E-state index in [0.29, 0.717) is 12.0 Å². The van der Waals surface area contributed by atoms with Crippen molar-refractivity contribution in [2.75, 3.05) is 7.11 Å². The van der Waals surface area contributed by atoms with Gasteiger partial charge in [-0.2, -0.15) is 0 Å². The van der Waals surface area contributed by atoms with Crippen molar-refractivity contribution in [2.45, 2.75) is 25.4 Å². The molecule has 0 fully saturated rings. The predicted octanol–water partition coefficient (Wildman–Crippen LogP) is 0.754. The van der Waals surface area contributed by atoms with Crippen LogP contribution in [0.1, 0.15) is 24.9 Å². The molecular weight excluding hydrogens is 232 g/mol. The largest absolute Gasteiger partial charge is 0.467 e. The summed E-state index contributed by atoms with van der Waals surface area (Å²) in [5.41, 5.74) is 6.52. The molecule has 0 aliphatic heterocycles. The van der Waals surface area contributed by atoms with E-state index < -0.39 is 24.0 Å². The first-order valence-corrected chi connectivity index (χ1v) is 5.78. The number of carbonyl (C=O) groups excluding carboxylic acids is 2. The standard InChI is InChI=1S/C13H18N2O3/c1-3-10(13(17)18-2)15-12(16)11(14)9-7-5-4-6-8-9/h4-8,10-11H,3,14H2,1-2H3,(H,15,16). The first-order valence-electron chi connectivity index (χ1n) is 5.78. The van der Waals surface area contributed by atoms with Gasteiger partial charge in [-0.3, -0.25) is 4.79 Å². The molecular formula is C13H18N2O3. The van der Waals surface area contributed by atoms with Crippen molar-refractivity contribution in [3.05, 3.63) is 35.9 Å². The molecule has 0 heterocycles. The Balaban J connectivity index is 2.67. The van der Waals surface area contributed by atoms with Crippen molar-refractivity contribution in [3.63, 3.8) is 0 Å². The number of amides is 1. The van der Waals surface area contributed by atoms with Gasteiger partial charge in [0.1, 0.15) is 12.1 Å². The number of rotatable bonds is 5. The summed E-state index contributed by atoms with van der Waals surface area (Å²) in [5.74, 6) is -0.857. The van der Waals surface area contributed by atoms with Gasteiger partial charge in [-0.15, -0.1) is 0 Å². The molecule has 1 aromatic rings. The summed E-state index contributed by atoms with van der Waals surface area (Å²) in [4.78, 5) is 23.2. The second-order valence-corrected chi connectivity index (χ2v) is 3.88. The predicted molar refractivity (Wildman–Crippen MR) is 67.6 cm³/mol. The molecule has 3 N–H and O–H groups in total. The fourth-order valence-corrected chi connectivity index (χ4v) is 1.54. The average molecular weight is 250 g/mol. The van der Waals surface area contributed by atoms with Gasteiger partial charge in [0, 0.05) is 0 Å². The van der Waals surface area contributed by atoms with Gasteiger partial charge in [0.2, 0.25) is 5.91 Å². The van der Waals surface area contributed by atoms with Crippen LogP contribution in [0.2, 0.25) is 0 Å². The zero-order chi connectivity index (χ0) is 13.5. The minimum absolute atomic E-state index is 0.390. The van der Waals surface area contributed by atoms with Crippen LogP contribution in [0.3, 0.4) is 0 Å². The maximum atomic E-state index is 11.9. The summed E-state index contributed by atoms with van der Waals surface area (Å²) in [5, 5.41) is 2.58. The van der Waals surface area contributed by atoms with Crippen molar-refractivity contribution in [3.8, 4) is 0 Å². The Hall–Kier alpha value is -1.88. The Morgan fingerprint density at radius 3 is 2.44 bits per heavy atom. The quantitative estimate of drug-likeness (QED) is 0.756. The topological polar surface area (TPSA) is 81.4 Å². The second kappa shape index (κ2) is 6.76. The average Bonchev–Trinajstić information content (AvgIpc) is 2.43. The molecule has 0 aliphatic carbocycles. The third-order valence-electron chi connectivity index (χ3n) is 2.65. The summed E-state index contributed by atoms with van der Waals surface area (Å²) in [7, 11) is 1.29. The van der Waals surface area contributed by atoms with Crippen LogP contribution in [0.5, 0.6) is 0 Å². The SMILES string of the molecule is CCC(NC(=O)C(N)c1ccccc1)C(=O)OC. The molecule has 1 amide bonds. The van der Waals surface area contributed by atoms with Crippen LogP contribution < -0.4 is 11.1 Å². The molecule has 0 radical (unpaired) electrons. The lowest BCUT2D eigenvalue weighted by atomic mass is 10.1. The van der Waals surface area contributed by atoms with Crippen LogP contribution in [0.15, 0.2) is 30.3 Å². The minimum atomic E-state index is -0.787. The molecule has 98 valence electrons. The summed E-state index contributed by atoms with van der Waals surface area (Å²) in [6.45, 7) is 1.79. The highest BCUT2D eigenvalue weighted by atomic mass is 16.5.